The fraction of sp³-hybridized carbons (Fsp3) is 0.500. The summed E-state index contributed by atoms with van der Waals surface area (Å²) in [6.07, 6.45) is 1.78. The van der Waals surface area contributed by atoms with Crippen LogP contribution in [0.4, 0.5) is 24.8 Å². The van der Waals surface area contributed by atoms with Crippen molar-refractivity contribution in [1.82, 2.24) is 30.0 Å². The molecule has 3 aliphatic rings. The number of benzene rings is 1. The van der Waals surface area contributed by atoms with Crippen molar-refractivity contribution in [1.29, 1.82) is 0 Å². The third-order valence-corrected chi connectivity index (χ3v) is 8.94. The summed E-state index contributed by atoms with van der Waals surface area (Å²) in [6.45, 7) is 10.5. The predicted molar refractivity (Wildman–Crippen MR) is 176 cm³/mol. The van der Waals surface area contributed by atoms with Gasteiger partial charge >= 0.3 is 6.18 Å². The van der Waals surface area contributed by atoms with Gasteiger partial charge in [0, 0.05) is 44.1 Å². The number of aromatic nitrogens is 4. The summed E-state index contributed by atoms with van der Waals surface area (Å²) in [5.74, 6) is 0.534. The van der Waals surface area contributed by atoms with Crippen molar-refractivity contribution in [3.63, 3.8) is 0 Å². The zero-order chi connectivity index (χ0) is 34.5. The van der Waals surface area contributed by atoms with Gasteiger partial charge in [0.25, 0.3) is 5.91 Å². The number of alkyl halides is 3. The van der Waals surface area contributed by atoms with Gasteiger partial charge in [-0.1, -0.05) is 26.8 Å². The lowest BCUT2D eigenvalue weighted by Gasteiger charge is -2.42. The number of anilines is 2. The number of carbonyl (C=O) groups is 2. The van der Waals surface area contributed by atoms with E-state index in [-0.39, 0.29) is 35.9 Å². The Hall–Kier alpha value is -4.30. The van der Waals surface area contributed by atoms with Crippen LogP contribution >= 0.6 is 0 Å². The van der Waals surface area contributed by atoms with Gasteiger partial charge in [0.05, 0.1) is 25.3 Å². The Morgan fingerprint density at radius 3 is 2.48 bits per heavy atom. The highest BCUT2D eigenvalue weighted by Gasteiger charge is 2.44. The average Bonchev–Trinajstić information content (AvgIpc) is 3.62. The number of piperidine rings is 1. The molecule has 1 aromatic carbocycles. The van der Waals surface area contributed by atoms with Gasteiger partial charge in [0.15, 0.2) is 0 Å². The maximum atomic E-state index is 14.4. The van der Waals surface area contributed by atoms with E-state index < -0.39 is 23.1 Å². The standard InChI is InChI=1S/C32H37F3N8O3.C2H6/c1-3-29(44)37-8-7-36-26-13-22(31(18-46-19-31)15-28-40-38-20-41(28)2)14-27(39-26)43-17-24-23(30(43)45)11-21(12-25(24)32(33,34)35)16-42-9-5-4-6-10-42;1-2/h3,11-14,20H,1,4-10,15-19H2,2H3,(H,36,39)(H,37,44);1-2H3. The molecule has 0 saturated carbocycles. The molecule has 2 N–H and O–H groups in total. The molecule has 3 aliphatic heterocycles. The van der Waals surface area contributed by atoms with Crippen molar-refractivity contribution >= 4 is 23.5 Å². The number of rotatable bonds is 11. The van der Waals surface area contributed by atoms with Crippen molar-refractivity contribution in [3.05, 3.63) is 76.9 Å². The summed E-state index contributed by atoms with van der Waals surface area (Å²) in [7, 11) is 1.85. The molecule has 0 bridgehead atoms. The van der Waals surface area contributed by atoms with Crippen LogP contribution in [0.1, 0.15) is 71.5 Å². The third-order valence-electron chi connectivity index (χ3n) is 8.94. The van der Waals surface area contributed by atoms with E-state index >= 15 is 0 Å². The molecule has 5 heterocycles. The monoisotopic (exact) mass is 668 g/mol. The van der Waals surface area contributed by atoms with Crippen LogP contribution in [0, 0.1) is 0 Å². The lowest BCUT2D eigenvalue weighted by atomic mass is 9.75. The number of fused-ring (bicyclic) bond motifs is 1. The number of amides is 2. The fourth-order valence-corrected chi connectivity index (χ4v) is 6.36. The second-order valence-electron chi connectivity index (χ2n) is 12.2. The topological polar surface area (TPSA) is 118 Å². The number of nitrogens with zero attached hydrogens (tertiary/aromatic N) is 6. The van der Waals surface area contributed by atoms with Gasteiger partial charge in [-0.25, -0.2) is 4.98 Å². The number of halogens is 3. The number of carbonyl (C=O) groups excluding carboxylic acids is 2. The van der Waals surface area contributed by atoms with Crippen LogP contribution in [0.3, 0.4) is 0 Å². The molecule has 0 atom stereocenters. The Kier molecular flexibility index (Phi) is 10.8. The molecule has 258 valence electrons. The zero-order valence-corrected chi connectivity index (χ0v) is 27.7. The van der Waals surface area contributed by atoms with E-state index in [0.717, 1.165) is 43.7 Å². The normalized spacial score (nSPS) is 17.2. The van der Waals surface area contributed by atoms with Crippen molar-refractivity contribution in [2.24, 2.45) is 7.05 Å². The van der Waals surface area contributed by atoms with E-state index in [1.807, 2.05) is 31.5 Å². The van der Waals surface area contributed by atoms with Crippen LogP contribution in [0.5, 0.6) is 0 Å². The minimum absolute atomic E-state index is 0.0467. The second kappa shape index (κ2) is 14.9. The molecule has 11 nitrogen and oxygen atoms in total. The highest BCUT2D eigenvalue weighted by atomic mass is 19.4. The molecular formula is C34H43F3N8O3. The fourth-order valence-electron chi connectivity index (χ4n) is 6.36. The number of pyridine rings is 1. The quantitative estimate of drug-likeness (QED) is 0.225. The molecule has 2 fully saturated rings. The van der Waals surface area contributed by atoms with Crippen LogP contribution in [0.15, 0.2) is 43.2 Å². The zero-order valence-electron chi connectivity index (χ0n) is 27.7. The van der Waals surface area contributed by atoms with E-state index in [4.69, 9.17) is 4.74 Å². The average molecular weight is 669 g/mol. The summed E-state index contributed by atoms with van der Waals surface area (Å²) in [6, 6.07) is 6.42. The smallest absolute Gasteiger partial charge is 0.379 e. The lowest BCUT2D eigenvalue weighted by Crippen LogP contribution is -2.49. The van der Waals surface area contributed by atoms with E-state index in [2.05, 4.69) is 37.3 Å². The van der Waals surface area contributed by atoms with Gasteiger partial charge in [-0.15, -0.1) is 10.2 Å². The SMILES string of the molecule is C=CC(=O)NCCNc1cc(C2(Cc3nncn3C)COC2)cc(N2Cc3c(cc(CN4CCCCC4)cc3C(F)(F)F)C2=O)n1.CC. The first-order valence-electron chi connectivity index (χ1n) is 16.4. The van der Waals surface area contributed by atoms with Gasteiger partial charge in [-0.3, -0.25) is 19.4 Å². The third kappa shape index (κ3) is 7.54. The van der Waals surface area contributed by atoms with E-state index in [0.29, 0.717) is 44.1 Å². The molecular weight excluding hydrogens is 625 g/mol. The Morgan fingerprint density at radius 1 is 1.10 bits per heavy atom. The minimum Gasteiger partial charge on any atom is -0.379 e. The van der Waals surface area contributed by atoms with Crippen molar-refractivity contribution in [3.8, 4) is 0 Å². The summed E-state index contributed by atoms with van der Waals surface area (Å²) in [5.41, 5.74) is -0.0178. The van der Waals surface area contributed by atoms with Crippen LogP contribution in [0.25, 0.3) is 0 Å². The van der Waals surface area contributed by atoms with Crippen LogP contribution in [-0.2, 0) is 47.7 Å². The molecule has 2 saturated heterocycles. The molecule has 0 spiro atoms. The highest BCUT2D eigenvalue weighted by molar-refractivity contribution is 6.10. The number of likely N-dealkylation sites (tertiary alicyclic amines) is 1. The Morgan fingerprint density at radius 2 is 1.85 bits per heavy atom. The molecule has 2 aromatic heterocycles. The van der Waals surface area contributed by atoms with Crippen LogP contribution in [-0.4, -0.2) is 75.9 Å². The van der Waals surface area contributed by atoms with E-state index in [9.17, 15) is 22.8 Å². The lowest BCUT2D eigenvalue weighted by molar-refractivity contribution is -0.138. The van der Waals surface area contributed by atoms with Crippen LogP contribution in [0.2, 0.25) is 0 Å². The predicted octanol–water partition coefficient (Wildman–Crippen LogP) is 4.63. The van der Waals surface area contributed by atoms with Gasteiger partial charge in [-0.2, -0.15) is 13.2 Å². The first kappa shape index (κ1) is 35.0. The molecule has 2 amide bonds. The Bertz CT molecular complexity index is 1630. The first-order valence-corrected chi connectivity index (χ1v) is 16.4. The number of nitrogens with one attached hydrogen (secondary N) is 2. The summed E-state index contributed by atoms with van der Waals surface area (Å²) in [4.78, 5) is 33.7. The number of ether oxygens (including phenoxy) is 1. The molecule has 3 aromatic rings. The maximum Gasteiger partial charge on any atom is 0.416 e. The van der Waals surface area contributed by atoms with Crippen molar-refractivity contribution in [2.45, 2.75) is 64.2 Å². The van der Waals surface area contributed by atoms with Crippen molar-refractivity contribution < 1.29 is 27.5 Å². The second-order valence-corrected chi connectivity index (χ2v) is 12.2. The highest BCUT2D eigenvalue weighted by Crippen LogP contribution is 2.42. The largest absolute Gasteiger partial charge is 0.416 e. The molecule has 48 heavy (non-hydrogen) atoms. The molecule has 0 radical (unpaired) electrons. The van der Waals surface area contributed by atoms with E-state index in [1.54, 1.807) is 18.5 Å². The molecule has 14 heteroatoms. The van der Waals surface area contributed by atoms with E-state index in [1.165, 1.54) is 17.0 Å². The van der Waals surface area contributed by atoms with Gasteiger partial charge in [0.1, 0.15) is 23.8 Å². The first-order chi connectivity index (χ1) is 23.1. The van der Waals surface area contributed by atoms with Gasteiger partial charge in [-0.05, 0) is 73.0 Å². The summed E-state index contributed by atoms with van der Waals surface area (Å²) < 4.78 is 50.8. The number of aryl methyl sites for hydroxylation is 1. The maximum absolute atomic E-state index is 14.4. The Labute approximate surface area is 278 Å². The van der Waals surface area contributed by atoms with Crippen molar-refractivity contribution in [2.75, 3.05) is 49.6 Å². The molecule has 0 unspecified atom stereocenters. The molecule has 0 aliphatic carbocycles. The Balaban J connectivity index is 0.00000221. The summed E-state index contributed by atoms with van der Waals surface area (Å²) >= 11 is 0. The van der Waals surface area contributed by atoms with Gasteiger partial charge < -0.3 is 19.9 Å². The number of hydrogen-bond donors (Lipinski definition) is 2. The van der Waals surface area contributed by atoms with Gasteiger partial charge in [0.2, 0.25) is 5.91 Å². The number of hydrogen-bond acceptors (Lipinski definition) is 8. The minimum atomic E-state index is -4.63. The van der Waals surface area contributed by atoms with Crippen LogP contribution < -0.4 is 15.5 Å². The summed E-state index contributed by atoms with van der Waals surface area (Å²) in [5, 5.41) is 14.1. The molecule has 6 rings (SSSR count).